The van der Waals surface area contributed by atoms with Crippen LogP contribution >= 0.6 is 0 Å². The van der Waals surface area contributed by atoms with Gasteiger partial charge in [0.05, 0.1) is 65.8 Å². The molecule has 2 spiro atoms. The lowest BCUT2D eigenvalue weighted by atomic mass is 9.86. The van der Waals surface area contributed by atoms with E-state index in [1.807, 2.05) is 20.8 Å². The number of ether oxygens (including phenoxy) is 7. The number of anilines is 1. The average Bonchev–Trinajstić information content (AvgIpc) is 4.17. The molecule has 11 rings (SSSR count). The first kappa shape index (κ1) is 47.5. The number of amides is 1. The Labute approximate surface area is 399 Å². The van der Waals surface area contributed by atoms with Crippen LogP contribution in [-0.2, 0) is 23.7 Å². The third kappa shape index (κ3) is 11.1. The molecule has 0 radical (unpaired) electrons. The predicted molar refractivity (Wildman–Crippen MR) is 247 cm³/mol. The Balaban J connectivity index is 0.000000159. The molecule has 15 nitrogen and oxygen atoms in total. The zero-order chi connectivity index (χ0) is 46.9. The number of piperidine rings is 2. The molecule has 0 N–H and O–H groups in total. The fraction of sp³-hybridized carbons (Fsp3) is 0.706. The van der Waals surface area contributed by atoms with Crippen LogP contribution in [0.25, 0.3) is 0 Å². The first-order valence-electron chi connectivity index (χ1n) is 25.1. The summed E-state index contributed by atoms with van der Waals surface area (Å²) < 4.78 is 74.7. The summed E-state index contributed by atoms with van der Waals surface area (Å²) in [5, 5.41) is 7.75. The summed E-state index contributed by atoms with van der Waals surface area (Å²) in [4.78, 5) is 21.2. The summed E-state index contributed by atoms with van der Waals surface area (Å²) in [7, 11) is 0. The highest BCUT2D eigenvalue weighted by Crippen LogP contribution is 2.43. The Kier molecular flexibility index (Phi) is 14.2. The highest BCUT2D eigenvalue weighted by atomic mass is 19.1. The van der Waals surface area contributed by atoms with E-state index in [9.17, 15) is 13.6 Å². The van der Waals surface area contributed by atoms with Gasteiger partial charge in [0.2, 0.25) is 6.39 Å². The lowest BCUT2D eigenvalue weighted by Gasteiger charge is -2.47. The molecule has 8 aliphatic rings. The van der Waals surface area contributed by atoms with Gasteiger partial charge in [-0.3, -0.25) is 9.80 Å². The van der Waals surface area contributed by atoms with Crippen molar-refractivity contribution in [3.8, 4) is 11.5 Å². The maximum absolute atomic E-state index is 14.1. The highest BCUT2D eigenvalue weighted by molar-refractivity contribution is 5.69. The minimum atomic E-state index is -0.485. The van der Waals surface area contributed by atoms with Gasteiger partial charge in [0, 0.05) is 48.3 Å². The molecule has 8 saturated heterocycles. The summed E-state index contributed by atoms with van der Waals surface area (Å²) in [6, 6.07) is 11.3. The van der Waals surface area contributed by atoms with E-state index in [4.69, 9.17) is 37.6 Å². The zero-order valence-corrected chi connectivity index (χ0v) is 40.1. The quantitative estimate of drug-likeness (QED) is 0.194. The lowest BCUT2D eigenvalue weighted by Crippen LogP contribution is -2.64. The molecule has 0 unspecified atom stereocenters. The number of hydrogen-bond acceptors (Lipinski definition) is 14. The third-order valence-electron chi connectivity index (χ3n) is 15.5. The van der Waals surface area contributed by atoms with E-state index in [-0.39, 0.29) is 28.9 Å². The second-order valence-corrected chi connectivity index (χ2v) is 21.7. The number of benzene rings is 2. The molecule has 8 fully saturated rings. The maximum Gasteiger partial charge on any atom is 0.410 e. The van der Waals surface area contributed by atoms with Crippen molar-refractivity contribution in [3.63, 3.8) is 0 Å². The number of likely N-dealkylation sites (tertiary alicyclic amines) is 3. The molecule has 17 heteroatoms. The number of hydrogen-bond donors (Lipinski definition) is 0. The molecule has 68 heavy (non-hydrogen) atoms. The van der Waals surface area contributed by atoms with E-state index in [0.717, 1.165) is 146 Å². The van der Waals surface area contributed by atoms with Crippen molar-refractivity contribution in [1.82, 2.24) is 24.9 Å². The van der Waals surface area contributed by atoms with Gasteiger partial charge in [-0.25, -0.2) is 13.6 Å². The molecular formula is C51H70F2N6O9. The summed E-state index contributed by atoms with van der Waals surface area (Å²) in [6.07, 6.45) is 9.08. The van der Waals surface area contributed by atoms with Crippen LogP contribution in [0.15, 0.2) is 47.2 Å². The smallest absolute Gasteiger partial charge is 0.410 e. The number of halogens is 2. The van der Waals surface area contributed by atoms with Gasteiger partial charge in [-0.15, -0.1) is 5.10 Å². The summed E-state index contributed by atoms with van der Waals surface area (Å²) in [5.74, 6) is 2.72. The molecule has 8 aliphatic heterocycles. The van der Waals surface area contributed by atoms with Crippen LogP contribution in [0.3, 0.4) is 0 Å². The summed E-state index contributed by atoms with van der Waals surface area (Å²) >= 11 is 0. The van der Waals surface area contributed by atoms with Crippen LogP contribution in [-0.4, -0.2) is 165 Å². The molecule has 3 aromatic rings. The highest BCUT2D eigenvalue weighted by Gasteiger charge is 2.54. The van der Waals surface area contributed by atoms with Gasteiger partial charge < -0.3 is 47.4 Å². The molecule has 372 valence electrons. The fourth-order valence-corrected chi connectivity index (χ4v) is 11.7. The van der Waals surface area contributed by atoms with Gasteiger partial charge in [-0.2, -0.15) is 0 Å². The van der Waals surface area contributed by atoms with Gasteiger partial charge in [0.15, 0.2) is 0 Å². The molecule has 4 atom stereocenters. The molecule has 2 aromatic carbocycles. The van der Waals surface area contributed by atoms with Crippen LogP contribution in [0.1, 0.15) is 95.1 Å². The van der Waals surface area contributed by atoms with Crippen molar-refractivity contribution in [1.29, 1.82) is 0 Å². The second-order valence-electron chi connectivity index (χ2n) is 21.7. The lowest BCUT2D eigenvalue weighted by molar-refractivity contribution is -0.109. The predicted octanol–water partition coefficient (Wildman–Crippen LogP) is 7.05. The fourth-order valence-electron chi connectivity index (χ4n) is 11.7. The van der Waals surface area contributed by atoms with Crippen molar-refractivity contribution >= 4 is 12.1 Å². The van der Waals surface area contributed by atoms with Crippen LogP contribution in [0.2, 0.25) is 0 Å². The third-order valence-corrected chi connectivity index (χ3v) is 15.5. The SMILES string of the molecule is CC(C)(C)OC(=O)N1CC2(C[C@H](N3CCC(c4cc(F)ccc4OC[C@@H]4CCOC4)CC3)CO2)C1.Fc1ccc(OC[C@@H]2CCOC2)c(C2CCN([C@@H]3COC4(C3)CN(c3nnco3)C4)CC2)c1. The standard InChI is InChI=1S/C27H39FN2O5.C24H31FN4O4/c1-26(2,3)35-25(31)30-17-27(18-30)13-22(16-34-27)29-9-6-20(7-10-29)23-12-21(28)4-5-24(23)33-15-19-8-11-32-14-19;25-19-1-2-22(31-12-17-5-8-30-11-17)21(9-19)18-3-6-28(7-4-18)20-10-24(33-13-20)14-29(15-24)23-27-26-16-32-23/h4-5,12,19-20,22H,6-11,13-18H2,1-3H3;1-2,9,16-18,20H,3-8,10-15H2/t19-,22+;17-,20+/m11/s1. The first-order valence-corrected chi connectivity index (χ1v) is 25.1. The molecule has 9 heterocycles. The Bertz CT molecular complexity index is 2140. The van der Waals surface area contributed by atoms with E-state index < -0.39 is 5.60 Å². The second kappa shape index (κ2) is 20.3. The van der Waals surface area contributed by atoms with Gasteiger partial charge in [0.1, 0.15) is 39.9 Å². The van der Waals surface area contributed by atoms with Crippen molar-refractivity contribution in [2.75, 3.05) is 110 Å². The topological polar surface area (TPSA) is 134 Å². The van der Waals surface area contributed by atoms with Crippen molar-refractivity contribution in [3.05, 3.63) is 65.6 Å². The largest absolute Gasteiger partial charge is 0.493 e. The van der Waals surface area contributed by atoms with E-state index in [2.05, 4.69) is 24.9 Å². The zero-order valence-electron chi connectivity index (χ0n) is 40.1. The van der Waals surface area contributed by atoms with E-state index in [1.165, 1.54) is 18.5 Å². The van der Waals surface area contributed by atoms with Gasteiger partial charge in [-0.05, 0) is 147 Å². The molecule has 1 amide bonds. The Morgan fingerprint density at radius 2 is 1.21 bits per heavy atom. The Morgan fingerprint density at radius 3 is 1.65 bits per heavy atom. The number of carbonyl (C=O) groups is 1. The van der Waals surface area contributed by atoms with E-state index >= 15 is 0 Å². The number of carbonyl (C=O) groups excluding carboxylic acids is 1. The number of nitrogens with zero attached hydrogens (tertiary/aromatic N) is 6. The maximum atomic E-state index is 14.1. The molecule has 1 aromatic heterocycles. The Morgan fingerprint density at radius 1 is 0.706 bits per heavy atom. The van der Waals surface area contributed by atoms with Crippen LogP contribution in [0.4, 0.5) is 19.6 Å². The van der Waals surface area contributed by atoms with Crippen LogP contribution < -0.4 is 14.4 Å². The van der Waals surface area contributed by atoms with Crippen LogP contribution in [0, 0.1) is 23.5 Å². The van der Waals surface area contributed by atoms with Crippen molar-refractivity contribution in [2.45, 2.75) is 113 Å². The molecule has 0 bridgehead atoms. The van der Waals surface area contributed by atoms with Crippen molar-refractivity contribution < 1.29 is 51.2 Å². The van der Waals surface area contributed by atoms with Gasteiger partial charge >= 0.3 is 12.1 Å². The van der Waals surface area contributed by atoms with Gasteiger partial charge in [0.25, 0.3) is 0 Å². The summed E-state index contributed by atoms with van der Waals surface area (Å²) in [5.41, 5.74) is 1.20. The Hall–Kier alpha value is -4.13. The normalized spacial score (nSPS) is 27.5. The van der Waals surface area contributed by atoms with Crippen molar-refractivity contribution in [2.24, 2.45) is 11.8 Å². The van der Waals surface area contributed by atoms with Crippen LogP contribution in [0.5, 0.6) is 11.5 Å². The molecule has 0 aliphatic carbocycles. The number of aromatic nitrogens is 2. The monoisotopic (exact) mass is 949 g/mol. The van der Waals surface area contributed by atoms with E-state index in [1.54, 1.807) is 29.2 Å². The minimum absolute atomic E-state index is 0.0937. The first-order chi connectivity index (χ1) is 32.9. The number of rotatable bonds is 11. The van der Waals surface area contributed by atoms with Gasteiger partial charge in [-0.1, -0.05) is 5.10 Å². The summed E-state index contributed by atoms with van der Waals surface area (Å²) in [6.45, 7) is 18.2. The molecule has 0 saturated carbocycles. The molecular weight excluding hydrogens is 879 g/mol. The average molecular weight is 949 g/mol. The minimum Gasteiger partial charge on any atom is -0.493 e. The van der Waals surface area contributed by atoms with E-state index in [0.29, 0.717) is 74.7 Å².